The van der Waals surface area contributed by atoms with E-state index in [2.05, 4.69) is 35.1 Å². The van der Waals surface area contributed by atoms with Crippen LogP contribution in [0.25, 0.3) is 0 Å². The lowest BCUT2D eigenvalue weighted by Gasteiger charge is -2.19. The number of amides is 1. The van der Waals surface area contributed by atoms with E-state index in [-0.39, 0.29) is 0 Å². The molecular formula is C15H26BrNO. The molecule has 2 saturated carbocycles. The zero-order chi connectivity index (χ0) is 13.1. The lowest BCUT2D eigenvalue weighted by molar-refractivity contribution is -0.122. The summed E-state index contributed by atoms with van der Waals surface area (Å²) in [6.07, 6.45) is 7.59. The molecule has 2 aliphatic carbocycles. The van der Waals surface area contributed by atoms with Crippen LogP contribution in [0.1, 0.15) is 52.4 Å². The molecule has 0 radical (unpaired) electrons. The molecular weight excluding hydrogens is 290 g/mol. The second-order valence-corrected chi connectivity index (χ2v) is 7.15. The molecule has 2 nitrogen and oxygen atoms in total. The highest BCUT2D eigenvalue weighted by Crippen LogP contribution is 2.55. The Balaban J connectivity index is 1.72. The van der Waals surface area contributed by atoms with Gasteiger partial charge in [0.05, 0.1) is 0 Å². The summed E-state index contributed by atoms with van der Waals surface area (Å²) in [4.78, 5) is 12.6. The van der Waals surface area contributed by atoms with Crippen molar-refractivity contribution >= 4 is 21.8 Å². The summed E-state index contributed by atoms with van der Waals surface area (Å²) in [5, 5.41) is 3.16. The van der Waals surface area contributed by atoms with Gasteiger partial charge in [0.25, 0.3) is 0 Å². The van der Waals surface area contributed by atoms with Gasteiger partial charge in [0.1, 0.15) is 0 Å². The van der Waals surface area contributed by atoms with Crippen LogP contribution in [-0.2, 0) is 4.79 Å². The number of fused-ring (bicyclic) bond motifs is 1. The maximum absolute atomic E-state index is 12.1. The second kappa shape index (κ2) is 6.40. The van der Waals surface area contributed by atoms with Crippen LogP contribution in [-0.4, -0.2) is 17.3 Å². The number of nitrogens with one attached hydrogen (secondary N) is 1. The molecule has 2 aliphatic rings. The van der Waals surface area contributed by atoms with Crippen LogP contribution in [0.3, 0.4) is 0 Å². The number of carbonyl (C=O) groups is 1. The quantitative estimate of drug-likeness (QED) is 0.743. The Kier molecular flexibility index (Phi) is 5.11. The molecule has 0 spiro atoms. The summed E-state index contributed by atoms with van der Waals surface area (Å²) in [6, 6.07) is 0. The molecule has 1 amide bonds. The van der Waals surface area contributed by atoms with Gasteiger partial charge in [-0.05, 0) is 30.6 Å². The van der Waals surface area contributed by atoms with E-state index < -0.39 is 0 Å². The third kappa shape index (κ3) is 3.09. The number of carbonyl (C=O) groups excluding carboxylic acids is 1. The SMILES string of the molecule is CCC(CC)C(Br)CNC(=O)C1C2CCCCC21. The van der Waals surface area contributed by atoms with Crippen LogP contribution < -0.4 is 5.32 Å². The van der Waals surface area contributed by atoms with Crippen LogP contribution in [0.15, 0.2) is 0 Å². The monoisotopic (exact) mass is 315 g/mol. The van der Waals surface area contributed by atoms with Crippen molar-refractivity contribution in [3.63, 3.8) is 0 Å². The van der Waals surface area contributed by atoms with Gasteiger partial charge in [0.15, 0.2) is 0 Å². The fourth-order valence-electron chi connectivity index (χ4n) is 3.66. The van der Waals surface area contributed by atoms with Gasteiger partial charge in [0.2, 0.25) is 5.91 Å². The summed E-state index contributed by atoms with van der Waals surface area (Å²) >= 11 is 3.72. The first-order valence-electron chi connectivity index (χ1n) is 7.60. The molecule has 18 heavy (non-hydrogen) atoms. The highest BCUT2D eigenvalue weighted by atomic mass is 79.9. The van der Waals surface area contributed by atoms with Crippen LogP contribution in [0.5, 0.6) is 0 Å². The maximum Gasteiger partial charge on any atom is 0.223 e. The van der Waals surface area contributed by atoms with Crippen molar-refractivity contribution in [3.05, 3.63) is 0 Å². The molecule has 0 heterocycles. The molecule has 0 bridgehead atoms. The Hall–Kier alpha value is -0.0500. The number of hydrogen-bond donors (Lipinski definition) is 1. The molecule has 0 saturated heterocycles. The van der Waals surface area contributed by atoms with E-state index in [4.69, 9.17) is 0 Å². The molecule has 0 aromatic carbocycles. The Morgan fingerprint density at radius 3 is 2.28 bits per heavy atom. The van der Waals surface area contributed by atoms with Crippen molar-refractivity contribution in [2.24, 2.45) is 23.7 Å². The topological polar surface area (TPSA) is 29.1 Å². The first kappa shape index (κ1) is 14.4. The van der Waals surface area contributed by atoms with Crippen LogP contribution in [0, 0.1) is 23.7 Å². The summed E-state index contributed by atoms with van der Waals surface area (Å²) in [7, 11) is 0. The van der Waals surface area contributed by atoms with Crippen molar-refractivity contribution in [1.82, 2.24) is 5.32 Å². The minimum Gasteiger partial charge on any atom is -0.355 e. The fourth-order valence-corrected chi connectivity index (χ4v) is 4.57. The molecule has 3 heteroatoms. The van der Waals surface area contributed by atoms with Gasteiger partial charge >= 0.3 is 0 Å². The van der Waals surface area contributed by atoms with Gasteiger partial charge in [-0.3, -0.25) is 4.79 Å². The lowest BCUT2D eigenvalue weighted by Crippen LogP contribution is -2.34. The first-order chi connectivity index (χ1) is 8.69. The number of halogens is 1. The summed E-state index contributed by atoms with van der Waals surface area (Å²) in [5.41, 5.74) is 0. The highest BCUT2D eigenvalue weighted by molar-refractivity contribution is 9.09. The standard InChI is InChI=1S/C15H26BrNO/c1-3-10(4-2)13(16)9-17-15(18)14-11-7-5-6-8-12(11)14/h10-14H,3-9H2,1-2H3,(H,17,18). The van der Waals surface area contributed by atoms with Gasteiger partial charge in [-0.25, -0.2) is 0 Å². The van der Waals surface area contributed by atoms with E-state index in [1.54, 1.807) is 0 Å². The van der Waals surface area contributed by atoms with Crippen molar-refractivity contribution < 1.29 is 4.79 Å². The molecule has 2 rings (SSSR count). The molecule has 3 atom stereocenters. The van der Waals surface area contributed by atoms with Gasteiger partial charge in [-0.15, -0.1) is 0 Å². The third-order valence-electron chi connectivity index (χ3n) is 4.99. The first-order valence-corrected chi connectivity index (χ1v) is 8.52. The van der Waals surface area contributed by atoms with E-state index in [0.717, 1.165) is 18.4 Å². The number of alkyl halides is 1. The maximum atomic E-state index is 12.1. The number of rotatable bonds is 6. The van der Waals surface area contributed by atoms with Crippen LogP contribution in [0.4, 0.5) is 0 Å². The van der Waals surface area contributed by atoms with Gasteiger partial charge < -0.3 is 5.32 Å². The van der Waals surface area contributed by atoms with E-state index in [1.807, 2.05) is 0 Å². The molecule has 0 aromatic heterocycles. The molecule has 0 aromatic rings. The second-order valence-electron chi connectivity index (χ2n) is 5.98. The third-order valence-corrected chi connectivity index (χ3v) is 6.06. The van der Waals surface area contributed by atoms with Crippen molar-refractivity contribution in [1.29, 1.82) is 0 Å². The Labute approximate surface area is 119 Å². The van der Waals surface area contributed by atoms with E-state index >= 15 is 0 Å². The summed E-state index contributed by atoms with van der Waals surface area (Å²) in [6.45, 7) is 5.24. The number of hydrogen-bond acceptors (Lipinski definition) is 1. The van der Waals surface area contributed by atoms with Crippen molar-refractivity contribution in [2.45, 2.75) is 57.2 Å². The summed E-state index contributed by atoms with van der Waals surface area (Å²) < 4.78 is 0. The van der Waals surface area contributed by atoms with Crippen LogP contribution >= 0.6 is 15.9 Å². The minimum atomic E-state index is 0.322. The van der Waals surface area contributed by atoms with Crippen molar-refractivity contribution in [3.8, 4) is 0 Å². The van der Waals surface area contributed by atoms with Gasteiger partial charge in [-0.1, -0.05) is 55.5 Å². The smallest absolute Gasteiger partial charge is 0.223 e. The molecule has 2 fully saturated rings. The summed E-state index contributed by atoms with van der Waals surface area (Å²) in [5.74, 6) is 2.80. The average Bonchev–Trinajstić information content (AvgIpc) is 3.11. The predicted molar refractivity (Wildman–Crippen MR) is 78.7 cm³/mol. The predicted octanol–water partition coefficient (Wildman–Crippen LogP) is 3.74. The fraction of sp³-hybridized carbons (Fsp3) is 0.933. The Morgan fingerprint density at radius 2 is 1.78 bits per heavy atom. The largest absolute Gasteiger partial charge is 0.355 e. The lowest BCUT2D eigenvalue weighted by atomic mass is 9.99. The molecule has 3 unspecified atom stereocenters. The highest BCUT2D eigenvalue weighted by Gasteiger charge is 2.54. The minimum absolute atomic E-state index is 0.322. The van der Waals surface area contributed by atoms with E-state index in [0.29, 0.717) is 22.6 Å². The van der Waals surface area contributed by atoms with Crippen molar-refractivity contribution in [2.75, 3.05) is 6.54 Å². The average molecular weight is 316 g/mol. The Bertz CT molecular complexity index is 278. The Morgan fingerprint density at radius 1 is 1.22 bits per heavy atom. The van der Waals surface area contributed by atoms with Gasteiger partial charge in [0, 0.05) is 17.3 Å². The van der Waals surface area contributed by atoms with Gasteiger partial charge in [-0.2, -0.15) is 0 Å². The normalized spacial score (nSPS) is 31.9. The zero-order valence-electron chi connectivity index (χ0n) is 11.6. The van der Waals surface area contributed by atoms with Crippen LogP contribution in [0.2, 0.25) is 0 Å². The molecule has 0 aliphatic heterocycles. The van der Waals surface area contributed by atoms with E-state index in [1.165, 1.54) is 38.5 Å². The molecule has 1 N–H and O–H groups in total. The zero-order valence-corrected chi connectivity index (χ0v) is 13.2. The van der Waals surface area contributed by atoms with E-state index in [9.17, 15) is 4.79 Å². The molecule has 104 valence electrons.